The van der Waals surface area contributed by atoms with E-state index < -0.39 is 0 Å². The maximum Gasteiger partial charge on any atom is 0.0998 e. The Hall–Kier alpha value is -1.33. The van der Waals surface area contributed by atoms with Gasteiger partial charge in [-0.05, 0) is 17.5 Å². The van der Waals surface area contributed by atoms with Crippen molar-refractivity contribution in [3.05, 3.63) is 46.4 Å². The second-order valence-corrected chi connectivity index (χ2v) is 3.61. The van der Waals surface area contributed by atoms with Crippen LogP contribution in [0.1, 0.15) is 5.56 Å². The fraction of sp³-hybridized carbons (Fsp3) is 0. The molecule has 0 saturated heterocycles. The zero-order chi connectivity index (χ0) is 9.26. The van der Waals surface area contributed by atoms with Crippen LogP contribution in [0.25, 0.3) is 10.8 Å². The van der Waals surface area contributed by atoms with Crippen molar-refractivity contribution in [2.75, 3.05) is 0 Å². The van der Waals surface area contributed by atoms with E-state index in [1.807, 2.05) is 36.4 Å². The largest absolute Gasteiger partial charge is 0.192 e. The van der Waals surface area contributed by atoms with Crippen molar-refractivity contribution in [1.82, 2.24) is 0 Å². The Balaban J connectivity index is 2.94. The highest BCUT2D eigenvalue weighted by atomic mass is 79.9. The van der Waals surface area contributed by atoms with Gasteiger partial charge in [0, 0.05) is 9.86 Å². The number of nitriles is 1. The highest BCUT2D eigenvalue weighted by Gasteiger charge is 2.01. The van der Waals surface area contributed by atoms with Gasteiger partial charge in [-0.15, -0.1) is 0 Å². The third kappa shape index (κ3) is 1.32. The molecule has 2 rings (SSSR count). The lowest BCUT2D eigenvalue weighted by atomic mass is 10.1. The van der Waals surface area contributed by atoms with Crippen LogP contribution in [-0.2, 0) is 0 Å². The Morgan fingerprint density at radius 1 is 1.00 bits per heavy atom. The van der Waals surface area contributed by atoms with Crippen molar-refractivity contribution < 1.29 is 0 Å². The Bertz CT molecular complexity index is 497. The van der Waals surface area contributed by atoms with Crippen molar-refractivity contribution >= 4 is 26.7 Å². The molecule has 0 radical (unpaired) electrons. The third-order valence-electron chi connectivity index (χ3n) is 1.99. The first-order valence-electron chi connectivity index (χ1n) is 3.90. The van der Waals surface area contributed by atoms with E-state index in [0.717, 1.165) is 20.8 Å². The second-order valence-electron chi connectivity index (χ2n) is 2.75. The quantitative estimate of drug-likeness (QED) is 0.682. The molecular weight excluding hydrogens is 226 g/mol. The molecule has 0 aliphatic rings. The molecule has 0 unspecified atom stereocenters. The number of rotatable bonds is 0. The number of hydrogen-bond acceptors (Lipinski definition) is 1. The summed E-state index contributed by atoms with van der Waals surface area (Å²) >= 11 is 3.45. The van der Waals surface area contributed by atoms with Crippen molar-refractivity contribution in [3.8, 4) is 6.07 Å². The van der Waals surface area contributed by atoms with Gasteiger partial charge in [0.05, 0.1) is 11.6 Å². The summed E-state index contributed by atoms with van der Waals surface area (Å²) in [6, 6.07) is 13.8. The lowest BCUT2D eigenvalue weighted by Gasteiger charge is -2.00. The molecule has 2 aromatic rings. The van der Waals surface area contributed by atoms with Crippen LogP contribution >= 0.6 is 15.9 Å². The number of halogens is 1. The lowest BCUT2D eigenvalue weighted by Crippen LogP contribution is -1.79. The maximum atomic E-state index is 8.86. The first-order chi connectivity index (χ1) is 6.33. The van der Waals surface area contributed by atoms with Crippen molar-refractivity contribution in [2.24, 2.45) is 0 Å². The summed E-state index contributed by atoms with van der Waals surface area (Å²) in [5, 5.41) is 10.9. The van der Waals surface area contributed by atoms with Crippen LogP contribution in [0.15, 0.2) is 40.9 Å². The Morgan fingerprint density at radius 2 is 1.69 bits per heavy atom. The molecule has 0 amide bonds. The summed E-state index contributed by atoms with van der Waals surface area (Å²) in [7, 11) is 0. The Labute approximate surface area is 84.7 Å². The van der Waals surface area contributed by atoms with Gasteiger partial charge in [0.15, 0.2) is 0 Å². The zero-order valence-electron chi connectivity index (χ0n) is 6.79. The highest BCUT2D eigenvalue weighted by Crippen LogP contribution is 2.25. The molecule has 0 N–H and O–H groups in total. The smallest absolute Gasteiger partial charge is 0.0998 e. The van der Waals surface area contributed by atoms with Crippen LogP contribution in [0.4, 0.5) is 0 Å². The van der Waals surface area contributed by atoms with Crippen LogP contribution in [0, 0.1) is 11.3 Å². The Kier molecular flexibility index (Phi) is 2.03. The Morgan fingerprint density at radius 3 is 2.46 bits per heavy atom. The van der Waals surface area contributed by atoms with E-state index in [1.165, 1.54) is 0 Å². The predicted octanol–water partition coefficient (Wildman–Crippen LogP) is 3.47. The minimum Gasteiger partial charge on any atom is -0.192 e. The summed E-state index contributed by atoms with van der Waals surface area (Å²) in [5.41, 5.74) is 0.721. The molecule has 2 heteroatoms. The summed E-state index contributed by atoms with van der Waals surface area (Å²) in [6.07, 6.45) is 0. The third-order valence-corrected chi connectivity index (χ3v) is 2.68. The average molecular weight is 232 g/mol. The molecule has 0 heterocycles. The van der Waals surface area contributed by atoms with E-state index in [0.29, 0.717) is 0 Å². The van der Waals surface area contributed by atoms with Crippen LogP contribution in [0.5, 0.6) is 0 Å². The highest BCUT2D eigenvalue weighted by molar-refractivity contribution is 9.10. The monoisotopic (exact) mass is 231 g/mol. The van der Waals surface area contributed by atoms with Crippen molar-refractivity contribution in [1.29, 1.82) is 5.26 Å². The number of hydrogen-bond donors (Lipinski definition) is 0. The van der Waals surface area contributed by atoms with Gasteiger partial charge in [0.2, 0.25) is 0 Å². The predicted molar refractivity (Wildman–Crippen MR) is 56.4 cm³/mol. The van der Waals surface area contributed by atoms with Gasteiger partial charge in [-0.25, -0.2) is 0 Å². The van der Waals surface area contributed by atoms with Gasteiger partial charge in [-0.3, -0.25) is 0 Å². The van der Waals surface area contributed by atoms with Crippen LogP contribution in [0.3, 0.4) is 0 Å². The van der Waals surface area contributed by atoms with Crippen LogP contribution < -0.4 is 0 Å². The van der Waals surface area contributed by atoms with Gasteiger partial charge in [0.1, 0.15) is 0 Å². The molecule has 0 aliphatic heterocycles. The normalized spacial score (nSPS) is 9.85. The standard InChI is InChI=1S/C11H6BrN/c12-11-6-2-4-9-8(7-13)3-1-5-10(9)11/h1-6H. The van der Waals surface area contributed by atoms with E-state index in [-0.39, 0.29) is 0 Å². The van der Waals surface area contributed by atoms with E-state index in [9.17, 15) is 0 Å². The van der Waals surface area contributed by atoms with E-state index in [1.54, 1.807) is 0 Å². The molecule has 2 aromatic carbocycles. The summed E-state index contributed by atoms with van der Waals surface area (Å²) < 4.78 is 1.03. The molecule has 62 valence electrons. The van der Waals surface area contributed by atoms with Gasteiger partial charge < -0.3 is 0 Å². The first kappa shape index (κ1) is 8.28. The maximum absolute atomic E-state index is 8.86. The van der Waals surface area contributed by atoms with Gasteiger partial charge in [0.25, 0.3) is 0 Å². The number of nitrogens with zero attached hydrogens (tertiary/aromatic N) is 1. The molecule has 0 bridgehead atoms. The lowest BCUT2D eigenvalue weighted by molar-refractivity contribution is 1.50. The second kappa shape index (κ2) is 3.20. The van der Waals surface area contributed by atoms with E-state index in [2.05, 4.69) is 22.0 Å². The van der Waals surface area contributed by atoms with Gasteiger partial charge in [-0.1, -0.05) is 40.2 Å². The molecule has 0 spiro atoms. The summed E-state index contributed by atoms with van der Waals surface area (Å²) in [6.45, 7) is 0. The molecule has 0 fully saturated rings. The molecule has 0 aliphatic carbocycles. The van der Waals surface area contributed by atoms with Gasteiger partial charge in [-0.2, -0.15) is 5.26 Å². The number of fused-ring (bicyclic) bond motifs is 1. The fourth-order valence-electron chi connectivity index (χ4n) is 1.37. The van der Waals surface area contributed by atoms with Crippen molar-refractivity contribution in [3.63, 3.8) is 0 Å². The molecule has 0 atom stereocenters. The zero-order valence-corrected chi connectivity index (χ0v) is 8.38. The number of benzene rings is 2. The first-order valence-corrected chi connectivity index (χ1v) is 4.69. The van der Waals surface area contributed by atoms with Crippen LogP contribution in [0.2, 0.25) is 0 Å². The van der Waals surface area contributed by atoms with Gasteiger partial charge >= 0.3 is 0 Å². The van der Waals surface area contributed by atoms with Crippen LogP contribution in [-0.4, -0.2) is 0 Å². The SMILES string of the molecule is N#Cc1cccc2c(Br)cccc12. The molecular formula is C11H6BrN. The van der Waals surface area contributed by atoms with E-state index in [4.69, 9.17) is 5.26 Å². The van der Waals surface area contributed by atoms with Crippen molar-refractivity contribution in [2.45, 2.75) is 0 Å². The fourth-order valence-corrected chi connectivity index (χ4v) is 1.87. The molecule has 13 heavy (non-hydrogen) atoms. The molecule has 0 aromatic heterocycles. The molecule has 1 nitrogen and oxygen atoms in total. The summed E-state index contributed by atoms with van der Waals surface area (Å²) in [4.78, 5) is 0. The minimum atomic E-state index is 0.721. The topological polar surface area (TPSA) is 23.8 Å². The summed E-state index contributed by atoms with van der Waals surface area (Å²) in [5.74, 6) is 0. The molecule has 0 saturated carbocycles. The minimum absolute atomic E-state index is 0.721. The average Bonchev–Trinajstić information content (AvgIpc) is 2.18. The van der Waals surface area contributed by atoms with E-state index >= 15 is 0 Å².